The van der Waals surface area contributed by atoms with E-state index in [-0.39, 0.29) is 11.3 Å². The first-order chi connectivity index (χ1) is 16.2. The zero-order valence-corrected chi connectivity index (χ0v) is 20.0. The lowest BCUT2D eigenvalue weighted by atomic mass is 9.87. The second kappa shape index (κ2) is 9.72. The Hall–Kier alpha value is -3.60. The monoisotopic (exact) mass is 456 g/mol. The molecule has 5 nitrogen and oxygen atoms in total. The molecule has 1 fully saturated rings. The summed E-state index contributed by atoms with van der Waals surface area (Å²) < 4.78 is 0. The summed E-state index contributed by atoms with van der Waals surface area (Å²) in [6.07, 6.45) is 2.04. The summed E-state index contributed by atoms with van der Waals surface area (Å²) in [6, 6.07) is 23.1. The van der Waals surface area contributed by atoms with Gasteiger partial charge in [-0.25, -0.2) is 4.79 Å². The summed E-state index contributed by atoms with van der Waals surface area (Å²) in [7, 11) is 0. The number of aromatic carboxylic acids is 1. The van der Waals surface area contributed by atoms with Crippen molar-refractivity contribution in [1.29, 1.82) is 0 Å². The molecule has 1 heterocycles. The van der Waals surface area contributed by atoms with Crippen molar-refractivity contribution in [2.75, 3.05) is 23.3 Å². The van der Waals surface area contributed by atoms with Crippen LogP contribution >= 0.6 is 0 Å². The fourth-order valence-corrected chi connectivity index (χ4v) is 4.46. The van der Waals surface area contributed by atoms with Crippen molar-refractivity contribution >= 4 is 23.3 Å². The molecule has 0 saturated carbocycles. The van der Waals surface area contributed by atoms with Crippen LogP contribution in [0.15, 0.2) is 72.8 Å². The van der Waals surface area contributed by atoms with Crippen molar-refractivity contribution in [2.24, 2.45) is 0 Å². The van der Waals surface area contributed by atoms with E-state index in [0.29, 0.717) is 17.0 Å². The number of anilines is 2. The Balaban J connectivity index is 1.35. The molecule has 1 aliphatic heterocycles. The maximum absolute atomic E-state index is 12.8. The van der Waals surface area contributed by atoms with Gasteiger partial charge in [-0.05, 0) is 83.8 Å². The Morgan fingerprint density at radius 3 is 2.09 bits per heavy atom. The fraction of sp³-hybridized carbons (Fsp3) is 0.310. The van der Waals surface area contributed by atoms with Gasteiger partial charge in [0.15, 0.2) is 0 Å². The molecular formula is C29H32N2O3. The Morgan fingerprint density at radius 1 is 0.882 bits per heavy atom. The van der Waals surface area contributed by atoms with Gasteiger partial charge in [0.25, 0.3) is 5.91 Å². The molecule has 0 radical (unpaired) electrons. The van der Waals surface area contributed by atoms with Crippen LogP contribution in [-0.2, 0) is 5.41 Å². The normalized spacial score (nSPS) is 14.6. The molecule has 0 atom stereocenters. The van der Waals surface area contributed by atoms with Crippen LogP contribution in [-0.4, -0.2) is 30.1 Å². The molecule has 4 rings (SSSR count). The van der Waals surface area contributed by atoms with Gasteiger partial charge >= 0.3 is 5.97 Å². The van der Waals surface area contributed by atoms with E-state index in [0.717, 1.165) is 37.3 Å². The second-order valence-corrected chi connectivity index (χ2v) is 10.0. The van der Waals surface area contributed by atoms with Gasteiger partial charge in [-0.1, -0.05) is 45.0 Å². The zero-order chi connectivity index (χ0) is 24.3. The average molecular weight is 457 g/mol. The minimum Gasteiger partial charge on any atom is -0.478 e. The quantitative estimate of drug-likeness (QED) is 0.471. The van der Waals surface area contributed by atoms with Gasteiger partial charge in [0.05, 0.1) is 5.56 Å². The highest BCUT2D eigenvalue weighted by Crippen LogP contribution is 2.31. The summed E-state index contributed by atoms with van der Waals surface area (Å²) in [5, 5.41) is 12.1. The highest BCUT2D eigenvalue weighted by atomic mass is 16.4. The van der Waals surface area contributed by atoms with Crippen LogP contribution in [0.2, 0.25) is 0 Å². The third-order valence-electron chi connectivity index (χ3n) is 6.61. The maximum atomic E-state index is 12.8. The Bertz CT molecular complexity index is 1150. The smallest absolute Gasteiger partial charge is 0.335 e. The van der Waals surface area contributed by atoms with E-state index < -0.39 is 5.97 Å². The summed E-state index contributed by atoms with van der Waals surface area (Å²) >= 11 is 0. The molecule has 0 spiro atoms. The van der Waals surface area contributed by atoms with Crippen molar-refractivity contribution in [3.8, 4) is 0 Å². The van der Waals surface area contributed by atoms with E-state index in [1.54, 1.807) is 12.1 Å². The van der Waals surface area contributed by atoms with Gasteiger partial charge in [0.1, 0.15) is 0 Å². The standard InChI is InChI=1S/C29H32N2O3/c1-29(2,3)24-5-4-6-25(19-24)30-27(32)22-9-7-20(8-10-22)21-15-17-31(18-16-21)26-13-11-23(12-14-26)28(33)34/h4-14,19,21H,15-18H2,1-3H3,(H,30,32)(H,33,34). The molecule has 176 valence electrons. The molecule has 3 aromatic rings. The van der Waals surface area contributed by atoms with Gasteiger partial charge < -0.3 is 15.3 Å². The van der Waals surface area contributed by atoms with Gasteiger partial charge in [-0.15, -0.1) is 0 Å². The van der Waals surface area contributed by atoms with Crippen molar-refractivity contribution in [3.63, 3.8) is 0 Å². The van der Waals surface area contributed by atoms with Crippen molar-refractivity contribution < 1.29 is 14.7 Å². The van der Waals surface area contributed by atoms with Crippen LogP contribution in [0.25, 0.3) is 0 Å². The topological polar surface area (TPSA) is 69.6 Å². The van der Waals surface area contributed by atoms with Crippen LogP contribution in [0.5, 0.6) is 0 Å². The molecule has 0 unspecified atom stereocenters. The van der Waals surface area contributed by atoms with E-state index in [1.807, 2.05) is 42.5 Å². The number of carbonyl (C=O) groups is 2. The SMILES string of the molecule is CC(C)(C)c1cccc(NC(=O)c2ccc(C3CCN(c4ccc(C(=O)O)cc4)CC3)cc2)c1. The summed E-state index contributed by atoms with van der Waals surface area (Å²) in [4.78, 5) is 26.1. The first-order valence-corrected chi connectivity index (χ1v) is 11.8. The van der Waals surface area contributed by atoms with Crippen LogP contribution in [0.3, 0.4) is 0 Å². The van der Waals surface area contributed by atoms with Gasteiger partial charge in [-0.3, -0.25) is 4.79 Å². The largest absolute Gasteiger partial charge is 0.478 e. The molecule has 1 saturated heterocycles. The molecule has 1 aliphatic rings. The number of amides is 1. The molecule has 2 N–H and O–H groups in total. The highest BCUT2D eigenvalue weighted by Gasteiger charge is 2.21. The fourth-order valence-electron chi connectivity index (χ4n) is 4.46. The number of carboxylic acid groups (broad SMARTS) is 1. The second-order valence-electron chi connectivity index (χ2n) is 10.0. The number of nitrogens with zero attached hydrogens (tertiary/aromatic N) is 1. The first kappa shape index (κ1) is 23.6. The molecule has 5 heteroatoms. The van der Waals surface area contributed by atoms with Crippen LogP contribution < -0.4 is 10.2 Å². The van der Waals surface area contributed by atoms with Crippen LogP contribution in [0, 0.1) is 0 Å². The third-order valence-corrected chi connectivity index (χ3v) is 6.61. The average Bonchev–Trinajstić information content (AvgIpc) is 2.84. The first-order valence-electron chi connectivity index (χ1n) is 11.8. The number of carbonyl (C=O) groups excluding carboxylic acids is 1. The van der Waals surface area contributed by atoms with Gasteiger partial charge in [0, 0.05) is 30.0 Å². The molecule has 34 heavy (non-hydrogen) atoms. The Kier molecular flexibility index (Phi) is 6.73. The number of hydrogen-bond acceptors (Lipinski definition) is 3. The number of carboxylic acids is 1. The minimum absolute atomic E-state index is 0.0277. The van der Waals surface area contributed by atoms with Crippen LogP contribution in [0.1, 0.15) is 71.4 Å². The lowest BCUT2D eigenvalue weighted by molar-refractivity contribution is 0.0696. The number of piperidine rings is 1. The van der Waals surface area contributed by atoms with Crippen molar-refractivity contribution in [3.05, 3.63) is 95.1 Å². The number of rotatable bonds is 5. The molecule has 0 bridgehead atoms. The third kappa shape index (κ3) is 5.48. The van der Waals surface area contributed by atoms with E-state index in [9.17, 15) is 9.59 Å². The Morgan fingerprint density at radius 2 is 1.50 bits per heavy atom. The summed E-state index contributed by atoms with van der Waals surface area (Å²) in [5.74, 6) is -0.548. The highest BCUT2D eigenvalue weighted by molar-refractivity contribution is 6.04. The van der Waals surface area contributed by atoms with E-state index in [4.69, 9.17) is 5.11 Å². The predicted molar refractivity (Wildman–Crippen MR) is 137 cm³/mol. The molecule has 0 aromatic heterocycles. The zero-order valence-electron chi connectivity index (χ0n) is 20.0. The van der Waals surface area contributed by atoms with E-state index in [2.05, 4.69) is 49.2 Å². The molecule has 3 aromatic carbocycles. The minimum atomic E-state index is -0.902. The van der Waals surface area contributed by atoms with Crippen molar-refractivity contribution in [1.82, 2.24) is 0 Å². The predicted octanol–water partition coefficient (Wildman–Crippen LogP) is 6.32. The summed E-state index contributed by atoms with van der Waals surface area (Å²) in [5.41, 5.74) is 5.30. The number of hydrogen-bond donors (Lipinski definition) is 2. The number of benzene rings is 3. The Labute approximate surface area is 201 Å². The van der Waals surface area contributed by atoms with Crippen LogP contribution in [0.4, 0.5) is 11.4 Å². The molecule has 1 amide bonds. The molecular weight excluding hydrogens is 424 g/mol. The van der Waals surface area contributed by atoms with E-state index in [1.165, 1.54) is 11.1 Å². The lowest BCUT2D eigenvalue weighted by Gasteiger charge is -2.34. The maximum Gasteiger partial charge on any atom is 0.335 e. The van der Waals surface area contributed by atoms with Crippen molar-refractivity contribution in [2.45, 2.75) is 44.9 Å². The summed E-state index contributed by atoms with van der Waals surface area (Å²) in [6.45, 7) is 8.32. The van der Waals surface area contributed by atoms with Gasteiger partial charge in [-0.2, -0.15) is 0 Å². The lowest BCUT2D eigenvalue weighted by Crippen LogP contribution is -2.32. The molecule has 0 aliphatic carbocycles. The van der Waals surface area contributed by atoms with Gasteiger partial charge in [0.2, 0.25) is 0 Å². The van der Waals surface area contributed by atoms with E-state index >= 15 is 0 Å². The number of nitrogens with one attached hydrogen (secondary N) is 1.